The Bertz CT molecular complexity index is 579. The summed E-state index contributed by atoms with van der Waals surface area (Å²) in [5.41, 5.74) is 6.04. The minimum atomic E-state index is -0.883. The van der Waals surface area contributed by atoms with E-state index in [2.05, 4.69) is 10.2 Å². The average molecular weight is 342 g/mol. The summed E-state index contributed by atoms with van der Waals surface area (Å²) in [6, 6.07) is 4.64. The molecule has 0 bridgehead atoms. The number of nitrogens with one attached hydrogen (secondary N) is 1. The van der Waals surface area contributed by atoms with Crippen LogP contribution >= 0.6 is 11.6 Å². The Labute approximate surface area is 142 Å². The summed E-state index contributed by atoms with van der Waals surface area (Å²) in [4.78, 5) is 14.6. The van der Waals surface area contributed by atoms with Gasteiger partial charge in [0, 0.05) is 12.6 Å². The largest absolute Gasteiger partial charge is 0.350 e. The molecule has 2 rings (SSSR count). The van der Waals surface area contributed by atoms with E-state index in [1.54, 1.807) is 13.0 Å². The fourth-order valence-electron chi connectivity index (χ4n) is 3.25. The van der Waals surface area contributed by atoms with Gasteiger partial charge in [-0.1, -0.05) is 31.0 Å². The standard InChI is InChI=1S/C17H25ClFN3O/c1-4-8-17(2,20)16(23)21-14-7-9-22(3)15(14)11-5-6-12(18)13(19)10-11/h5-6,10,14-15H,4,7-9,20H2,1-3H3,(H,21,23). The fraction of sp³-hybridized carbons (Fsp3) is 0.588. The number of carbonyl (C=O) groups excluding carboxylic acids is 1. The van der Waals surface area contributed by atoms with E-state index in [0.717, 1.165) is 24.9 Å². The predicted molar refractivity (Wildman–Crippen MR) is 90.8 cm³/mol. The highest BCUT2D eigenvalue weighted by Crippen LogP contribution is 2.32. The molecule has 0 aliphatic carbocycles. The van der Waals surface area contributed by atoms with E-state index >= 15 is 0 Å². The number of hydrogen-bond donors (Lipinski definition) is 2. The van der Waals surface area contributed by atoms with Crippen molar-refractivity contribution in [2.75, 3.05) is 13.6 Å². The molecule has 6 heteroatoms. The molecule has 128 valence electrons. The van der Waals surface area contributed by atoms with Gasteiger partial charge in [0.05, 0.1) is 16.6 Å². The Morgan fingerprint density at radius 2 is 2.26 bits per heavy atom. The molecule has 0 aromatic heterocycles. The first kappa shape index (κ1) is 18.2. The zero-order valence-corrected chi connectivity index (χ0v) is 14.7. The van der Waals surface area contributed by atoms with E-state index in [-0.39, 0.29) is 23.0 Å². The lowest BCUT2D eigenvalue weighted by Crippen LogP contribution is -2.54. The van der Waals surface area contributed by atoms with E-state index in [9.17, 15) is 9.18 Å². The van der Waals surface area contributed by atoms with Crippen molar-refractivity contribution in [3.05, 3.63) is 34.6 Å². The summed E-state index contributed by atoms with van der Waals surface area (Å²) in [6.45, 7) is 4.58. The molecule has 1 aliphatic rings. The Morgan fingerprint density at radius 1 is 1.57 bits per heavy atom. The van der Waals surface area contributed by atoms with E-state index < -0.39 is 11.4 Å². The third-order valence-electron chi connectivity index (χ3n) is 4.54. The van der Waals surface area contributed by atoms with Crippen molar-refractivity contribution in [3.8, 4) is 0 Å². The van der Waals surface area contributed by atoms with Crippen molar-refractivity contribution in [3.63, 3.8) is 0 Å². The maximum absolute atomic E-state index is 13.8. The molecule has 3 unspecified atom stereocenters. The van der Waals surface area contributed by atoms with Gasteiger partial charge in [-0.3, -0.25) is 9.69 Å². The summed E-state index contributed by atoms with van der Waals surface area (Å²) in [5.74, 6) is -0.594. The lowest BCUT2D eigenvalue weighted by atomic mass is 9.94. The number of benzene rings is 1. The highest BCUT2D eigenvalue weighted by Gasteiger charge is 2.37. The summed E-state index contributed by atoms with van der Waals surface area (Å²) in [5, 5.41) is 3.16. The maximum Gasteiger partial charge on any atom is 0.240 e. The third-order valence-corrected chi connectivity index (χ3v) is 4.85. The third kappa shape index (κ3) is 4.03. The molecule has 0 spiro atoms. The van der Waals surface area contributed by atoms with Crippen LogP contribution in [0.5, 0.6) is 0 Å². The van der Waals surface area contributed by atoms with E-state index in [1.807, 2.05) is 20.0 Å². The molecule has 1 amide bonds. The van der Waals surface area contributed by atoms with E-state index in [4.69, 9.17) is 17.3 Å². The second-order valence-electron chi connectivity index (χ2n) is 6.64. The molecule has 3 N–H and O–H groups in total. The number of nitrogens with two attached hydrogens (primary N) is 1. The minimum absolute atomic E-state index is 0.0804. The Balaban J connectivity index is 2.18. The zero-order chi connectivity index (χ0) is 17.2. The highest BCUT2D eigenvalue weighted by molar-refractivity contribution is 6.30. The number of likely N-dealkylation sites (tertiary alicyclic amines) is 1. The molecule has 23 heavy (non-hydrogen) atoms. The van der Waals surface area contributed by atoms with Gasteiger partial charge in [-0.15, -0.1) is 0 Å². The maximum atomic E-state index is 13.8. The normalized spacial score (nSPS) is 24.4. The van der Waals surface area contributed by atoms with Gasteiger partial charge < -0.3 is 11.1 Å². The summed E-state index contributed by atoms with van der Waals surface area (Å²) >= 11 is 5.76. The molecule has 0 saturated carbocycles. The van der Waals surface area contributed by atoms with Crippen molar-refractivity contribution < 1.29 is 9.18 Å². The molecular weight excluding hydrogens is 317 g/mol. The fourth-order valence-corrected chi connectivity index (χ4v) is 3.36. The van der Waals surface area contributed by atoms with Crippen LogP contribution in [0.15, 0.2) is 18.2 Å². The Morgan fingerprint density at radius 3 is 2.87 bits per heavy atom. The molecule has 1 aromatic rings. The van der Waals surface area contributed by atoms with Crippen molar-refractivity contribution in [2.45, 2.75) is 50.7 Å². The number of halogens is 2. The molecule has 0 radical (unpaired) electrons. The van der Waals surface area contributed by atoms with Crippen LogP contribution in [0.2, 0.25) is 5.02 Å². The first-order valence-electron chi connectivity index (χ1n) is 8.01. The van der Waals surface area contributed by atoms with Crippen LogP contribution in [0.3, 0.4) is 0 Å². The highest BCUT2D eigenvalue weighted by atomic mass is 35.5. The average Bonchev–Trinajstić information content (AvgIpc) is 2.83. The summed E-state index contributed by atoms with van der Waals surface area (Å²) in [7, 11) is 1.97. The van der Waals surface area contributed by atoms with Gasteiger partial charge >= 0.3 is 0 Å². The van der Waals surface area contributed by atoms with Gasteiger partial charge in [0.2, 0.25) is 5.91 Å². The van der Waals surface area contributed by atoms with Crippen LogP contribution in [0, 0.1) is 5.82 Å². The van der Waals surface area contributed by atoms with E-state index in [1.165, 1.54) is 6.07 Å². The second-order valence-corrected chi connectivity index (χ2v) is 7.04. The van der Waals surface area contributed by atoms with Gasteiger partial charge in [-0.2, -0.15) is 0 Å². The first-order chi connectivity index (χ1) is 10.8. The van der Waals surface area contributed by atoms with Crippen LogP contribution < -0.4 is 11.1 Å². The number of carbonyl (C=O) groups is 1. The molecule has 3 atom stereocenters. The smallest absolute Gasteiger partial charge is 0.240 e. The molecule has 1 aromatic carbocycles. The summed E-state index contributed by atoms with van der Waals surface area (Å²) in [6.07, 6.45) is 2.28. The van der Waals surface area contributed by atoms with Gasteiger partial charge in [0.25, 0.3) is 0 Å². The summed E-state index contributed by atoms with van der Waals surface area (Å²) < 4.78 is 13.8. The number of rotatable bonds is 5. The van der Waals surface area contributed by atoms with Gasteiger partial charge in [0.1, 0.15) is 5.82 Å². The van der Waals surface area contributed by atoms with Crippen molar-refractivity contribution in [2.24, 2.45) is 5.73 Å². The second kappa shape index (κ2) is 7.16. The van der Waals surface area contributed by atoms with E-state index in [0.29, 0.717) is 6.42 Å². The molecule has 1 aliphatic heterocycles. The van der Waals surface area contributed by atoms with Crippen LogP contribution in [0.1, 0.15) is 44.7 Å². The molecular formula is C17H25ClFN3O. The van der Waals surface area contributed by atoms with Gasteiger partial charge in [-0.05, 0) is 44.5 Å². The van der Waals surface area contributed by atoms with Crippen LogP contribution in [-0.2, 0) is 4.79 Å². The van der Waals surface area contributed by atoms with Crippen LogP contribution in [0.4, 0.5) is 4.39 Å². The zero-order valence-electron chi connectivity index (χ0n) is 13.9. The Kier molecular flexibility index (Phi) is 5.65. The van der Waals surface area contributed by atoms with Gasteiger partial charge in [0.15, 0.2) is 0 Å². The van der Waals surface area contributed by atoms with Crippen LogP contribution in [0.25, 0.3) is 0 Å². The topological polar surface area (TPSA) is 58.4 Å². The van der Waals surface area contributed by atoms with Crippen molar-refractivity contribution >= 4 is 17.5 Å². The minimum Gasteiger partial charge on any atom is -0.350 e. The number of likely N-dealkylation sites (N-methyl/N-ethyl adjacent to an activating group) is 1. The number of amides is 1. The predicted octanol–water partition coefficient (Wildman–Crippen LogP) is 2.86. The number of nitrogens with zero attached hydrogens (tertiary/aromatic N) is 1. The number of hydrogen-bond acceptors (Lipinski definition) is 3. The van der Waals surface area contributed by atoms with Crippen molar-refractivity contribution in [1.29, 1.82) is 0 Å². The van der Waals surface area contributed by atoms with Gasteiger partial charge in [-0.25, -0.2) is 4.39 Å². The molecule has 1 heterocycles. The SMILES string of the molecule is CCCC(C)(N)C(=O)NC1CCN(C)C1c1ccc(Cl)c(F)c1. The quantitative estimate of drug-likeness (QED) is 0.865. The lowest BCUT2D eigenvalue weighted by Gasteiger charge is -2.30. The molecule has 4 nitrogen and oxygen atoms in total. The lowest BCUT2D eigenvalue weighted by molar-refractivity contribution is -0.127. The first-order valence-corrected chi connectivity index (χ1v) is 8.39. The molecule has 1 saturated heterocycles. The van der Waals surface area contributed by atoms with Crippen molar-refractivity contribution in [1.82, 2.24) is 10.2 Å². The molecule has 1 fully saturated rings. The monoisotopic (exact) mass is 341 g/mol. The van der Waals surface area contributed by atoms with Crippen LogP contribution in [-0.4, -0.2) is 36.0 Å². The Hall–Kier alpha value is -1.17.